The van der Waals surface area contributed by atoms with Crippen molar-refractivity contribution in [2.24, 2.45) is 7.05 Å². The molecule has 0 unspecified atom stereocenters. The zero-order valence-corrected chi connectivity index (χ0v) is 23.8. The van der Waals surface area contributed by atoms with Gasteiger partial charge in [-0.15, -0.1) is 0 Å². The van der Waals surface area contributed by atoms with Crippen molar-refractivity contribution in [2.45, 2.75) is 38.0 Å². The van der Waals surface area contributed by atoms with Crippen LogP contribution in [0, 0.1) is 0 Å². The van der Waals surface area contributed by atoms with Crippen LogP contribution in [-0.2, 0) is 17.3 Å². The fourth-order valence-corrected chi connectivity index (χ4v) is 5.00. The molecule has 1 aliphatic rings. The van der Waals surface area contributed by atoms with Crippen molar-refractivity contribution in [3.8, 4) is 0 Å². The van der Waals surface area contributed by atoms with Gasteiger partial charge in [-0.2, -0.15) is 5.10 Å². The number of rotatable bonds is 7. The first kappa shape index (κ1) is 27.8. The molecule has 1 aliphatic heterocycles. The van der Waals surface area contributed by atoms with Crippen molar-refractivity contribution in [1.29, 1.82) is 0 Å². The topological polar surface area (TPSA) is 101 Å². The Bertz CT molecular complexity index is 1380. The maximum atomic E-state index is 13.2. The number of amides is 3. The quantitative estimate of drug-likeness (QED) is 0.261. The number of hydrogen-bond donors (Lipinski definition) is 3. The van der Waals surface area contributed by atoms with Gasteiger partial charge in [-0.25, -0.2) is 9.59 Å². The first-order valence-corrected chi connectivity index (χ1v) is 13.7. The maximum Gasteiger partial charge on any atom is 0.407 e. The lowest BCUT2D eigenvalue weighted by atomic mass is 9.77. The van der Waals surface area contributed by atoms with E-state index < -0.39 is 17.2 Å². The summed E-state index contributed by atoms with van der Waals surface area (Å²) in [7, 11) is 1.84. The smallest absolute Gasteiger partial charge is 0.407 e. The molecule has 3 aromatic carbocycles. The Kier molecular flexibility index (Phi) is 7.70. The molecule has 2 heterocycles. The molecule has 0 bridgehead atoms. The zero-order valence-electron chi connectivity index (χ0n) is 23.8. The van der Waals surface area contributed by atoms with Gasteiger partial charge in [0.05, 0.1) is 19.3 Å². The molecular weight excluding hydrogens is 516 g/mol. The molecule has 9 nitrogen and oxygen atoms in total. The van der Waals surface area contributed by atoms with Gasteiger partial charge in [0, 0.05) is 12.6 Å². The number of nitrogens with one attached hydrogen (secondary N) is 3. The Morgan fingerprint density at radius 3 is 1.78 bits per heavy atom. The standard InChI is InChI=1S/C32H36N6O3/c1-31(2,3)36-30(40)41-26-21-38(22-26)29(39)34-27-20-33-37(4)28(27)35-32(23-14-8-5-9-15-23,24-16-10-6-11-17-24)25-18-12-7-13-19-25/h5-20,26,35H,21-22H2,1-4H3,(H,34,39)(H,36,40). The summed E-state index contributed by atoms with van der Waals surface area (Å²) in [6.45, 7) is 6.28. The summed E-state index contributed by atoms with van der Waals surface area (Å²) < 4.78 is 7.15. The van der Waals surface area contributed by atoms with Crippen LogP contribution in [-0.4, -0.2) is 51.5 Å². The van der Waals surface area contributed by atoms with E-state index in [4.69, 9.17) is 4.74 Å². The number of likely N-dealkylation sites (tertiary alicyclic amines) is 1. The van der Waals surface area contributed by atoms with Crippen LogP contribution in [0.5, 0.6) is 0 Å². The summed E-state index contributed by atoms with van der Waals surface area (Å²) in [4.78, 5) is 26.9. The van der Waals surface area contributed by atoms with E-state index in [0.29, 0.717) is 24.6 Å². The SMILES string of the molecule is Cn1ncc(NC(=O)N2CC(OC(=O)NC(C)(C)C)C2)c1NC(c1ccccc1)(c1ccccc1)c1ccccc1. The van der Waals surface area contributed by atoms with Gasteiger partial charge in [0.1, 0.15) is 23.1 Å². The highest BCUT2D eigenvalue weighted by Crippen LogP contribution is 2.41. The number of alkyl carbamates (subject to hydrolysis) is 1. The Balaban J connectivity index is 1.41. The zero-order chi connectivity index (χ0) is 29.0. The number of aryl methyl sites for hydroxylation is 1. The summed E-state index contributed by atoms with van der Waals surface area (Å²) in [5.41, 5.74) is 2.47. The number of ether oxygens (including phenoxy) is 1. The summed E-state index contributed by atoms with van der Waals surface area (Å²) in [6.07, 6.45) is 0.799. The average molecular weight is 553 g/mol. The van der Waals surface area contributed by atoms with E-state index in [1.807, 2.05) is 82.4 Å². The molecule has 212 valence electrons. The molecule has 4 aromatic rings. The molecule has 5 rings (SSSR count). The lowest BCUT2D eigenvalue weighted by Crippen LogP contribution is -2.58. The molecule has 0 atom stereocenters. The van der Waals surface area contributed by atoms with E-state index >= 15 is 0 Å². The van der Waals surface area contributed by atoms with Crippen LogP contribution in [0.4, 0.5) is 21.1 Å². The van der Waals surface area contributed by atoms with Gasteiger partial charge in [-0.05, 0) is 37.5 Å². The number of anilines is 2. The van der Waals surface area contributed by atoms with Crippen LogP contribution in [0.2, 0.25) is 0 Å². The van der Waals surface area contributed by atoms with Crippen LogP contribution in [0.25, 0.3) is 0 Å². The molecule has 1 saturated heterocycles. The number of nitrogens with zero attached hydrogens (tertiary/aromatic N) is 3. The molecule has 0 saturated carbocycles. The highest BCUT2D eigenvalue weighted by molar-refractivity contribution is 5.93. The molecule has 1 fully saturated rings. The number of carbonyl (C=O) groups excluding carboxylic acids is 2. The van der Waals surface area contributed by atoms with Crippen molar-refractivity contribution in [2.75, 3.05) is 23.7 Å². The molecule has 9 heteroatoms. The predicted molar refractivity (Wildman–Crippen MR) is 160 cm³/mol. The third-order valence-corrected chi connectivity index (χ3v) is 6.99. The minimum absolute atomic E-state index is 0.290. The molecule has 3 amide bonds. The third-order valence-electron chi connectivity index (χ3n) is 6.99. The van der Waals surface area contributed by atoms with Crippen molar-refractivity contribution >= 4 is 23.6 Å². The summed E-state index contributed by atoms with van der Waals surface area (Å²) in [5, 5.41) is 14.0. The lowest BCUT2D eigenvalue weighted by molar-refractivity contribution is 0.00772. The van der Waals surface area contributed by atoms with Gasteiger partial charge in [-0.3, -0.25) is 4.68 Å². The van der Waals surface area contributed by atoms with E-state index in [1.54, 1.807) is 15.8 Å². The van der Waals surface area contributed by atoms with E-state index in [-0.39, 0.29) is 12.1 Å². The number of urea groups is 1. The van der Waals surface area contributed by atoms with Gasteiger partial charge in [0.25, 0.3) is 0 Å². The molecule has 0 spiro atoms. The Labute approximate surface area is 240 Å². The van der Waals surface area contributed by atoms with Crippen molar-refractivity contribution < 1.29 is 14.3 Å². The normalized spacial score (nSPS) is 13.7. The van der Waals surface area contributed by atoms with Gasteiger partial charge in [-0.1, -0.05) is 91.0 Å². The highest BCUT2D eigenvalue weighted by Gasteiger charge is 2.39. The number of hydrogen-bond acceptors (Lipinski definition) is 5. The highest BCUT2D eigenvalue weighted by atomic mass is 16.6. The van der Waals surface area contributed by atoms with Gasteiger partial charge < -0.3 is 25.6 Å². The second kappa shape index (κ2) is 11.4. The number of aromatic nitrogens is 2. The molecular formula is C32H36N6O3. The maximum absolute atomic E-state index is 13.2. The fourth-order valence-electron chi connectivity index (χ4n) is 5.00. The van der Waals surface area contributed by atoms with Crippen LogP contribution >= 0.6 is 0 Å². The Hall–Kier alpha value is -4.79. The molecule has 0 radical (unpaired) electrons. The second-order valence-electron chi connectivity index (χ2n) is 11.2. The minimum Gasteiger partial charge on any atom is -0.442 e. The number of carbonyl (C=O) groups is 2. The molecule has 3 N–H and O–H groups in total. The Morgan fingerprint density at radius 2 is 1.32 bits per heavy atom. The number of benzene rings is 3. The van der Waals surface area contributed by atoms with Crippen molar-refractivity contribution in [3.05, 3.63) is 114 Å². The monoisotopic (exact) mass is 552 g/mol. The largest absolute Gasteiger partial charge is 0.442 e. The molecule has 41 heavy (non-hydrogen) atoms. The van der Waals surface area contributed by atoms with E-state index in [9.17, 15) is 9.59 Å². The van der Waals surface area contributed by atoms with Gasteiger partial charge in [0.15, 0.2) is 0 Å². The van der Waals surface area contributed by atoms with E-state index in [2.05, 4.69) is 57.4 Å². The minimum atomic E-state index is -0.785. The summed E-state index contributed by atoms with van der Waals surface area (Å²) in [5.74, 6) is 0.646. The first-order valence-electron chi connectivity index (χ1n) is 13.7. The van der Waals surface area contributed by atoms with Crippen molar-refractivity contribution in [3.63, 3.8) is 0 Å². The fraction of sp³-hybridized carbons (Fsp3) is 0.281. The average Bonchev–Trinajstić information content (AvgIpc) is 3.27. The predicted octanol–water partition coefficient (Wildman–Crippen LogP) is 5.56. The van der Waals surface area contributed by atoms with Crippen LogP contribution in [0.15, 0.2) is 97.2 Å². The third kappa shape index (κ3) is 6.04. The summed E-state index contributed by atoms with van der Waals surface area (Å²) >= 11 is 0. The van der Waals surface area contributed by atoms with Crippen LogP contribution < -0.4 is 16.0 Å². The first-order chi connectivity index (χ1) is 19.7. The lowest BCUT2D eigenvalue weighted by Gasteiger charge is -2.39. The van der Waals surface area contributed by atoms with Gasteiger partial charge >= 0.3 is 12.1 Å². The molecule has 1 aromatic heterocycles. The van der Waals surface area contributed by atoms with Gasteiger partial charge in [0.2, 0.25) is 0 Å². The Morgan fingerprint density at radius 1 is 0.829 bits per heavy atom. The van der Waals surface area contributed by atoms with Crippen LogP contribution in [0.1, 0.15) is 37.5 Å². The summed E-state index contributed by atoms with van der Waals surface area (Å²) in [6, 6.07) is 30.4. The van der Waals surface area contributed by atoms with E-state index in [1.165, 1.54) is 0 Å². The second-order valence-corrected chi connectivity index (χ2v) is 11.2. The van der Waals surface area contributed by atoms with E-state index in [0.717, 1.165) is 16.7 Å². The molecule has 0 aliphatic carbocycles. The van der Waals surface area contributed by atoms with Crippen LogP contribution in [0.3, 0.4) is 0 Å². The van der Waals surface area contributed by atoms with Crippen molar-refractivity contribution in [1.82, 2.24) is 20.0 Å².